The summed E-state index contributed by atoms with van der Waals surface area (Å²) < 4.78 is 0. The SMILES string of the molecule is CCc1ccc(-c2csc(N(CC#N)CCC(=O)O)n2)cc1. The monoisotopic (exact) mass is 315 g/mol. The second kappa shape index (κ2) is 7.57. The smallest absolute Gasteiger partial charge is 0.305 e. The molecule has 0 saturated carbocycles. The van der Waals surface area contributed by atoms with Gasteiger partial charge in [0.05, 0.1) is 18.2 Å². The van der Waals surface area contributed by atoms with Crippen molar-refractivity contribution in [2.45, 2.75) is 19.8 Å². The lowest BCUT2D eigenvalue weighted by molar-refractivity contribution is -0.136. The molecule has 0 aliphatic carbocycles. The normalized spacial score (nSPS) is 10.2. The van der Waals surface area contributed by atoms with E-state index in [4.69, 9.17) is 10.4 Å². The van der Waals surface area contributed by atoms with Crippen molar-refractivity contribution in [3.63, 3.8) is 0 Å². The van der Waals surface area contributed by atoms with E-state index < -0.39 is 5.97 Å². The van der Waals surface area contributed by atoms with Crippen molar-refractivity contribution in [2.75, 3.05) is 18.0 Å². The first-order valence-electron chi connectivity index (χ1n) is 7.02. The number of aromatic nitrogens is 1. The molecule has 0 fully saturated rings. The molecule has 0 radical (unpaired) electrons. The second-order valence-corrected chi connectivity index (χ2v) is 5.63. The molecule has 0 amide bonds. The topological polar surface area (TPSA) is 77.2 Å². The highest BCUT2D eigenvalue weighted by Crippen LogP contribution is 2.27. The second-order valence-electron chi connectivity index (χ2n) is 4.79. The summed E-state index contributed by atoms with van der Waals surface area (Å²) in [5.41, 5.74) is 3.14. The Morgan fingerprint density at radius 3 is 2.73 bits per heavy atom. The summed E-state index contributed by atoms with van der Waals surface area (Å²) in [5.74, 6) is -0.880. The Labute approximate surface area is 133 Å². The fourth-order valence-corrected chi connectivity index (χ4v) is 2.87. The van der Waals surface area contributed by atoms with Crippen molar-refractivity contribution >= 4 is 22.4 Å². The van der Waals surface area contributed by atoms with E-state index in [1.54, 1.807) is 4.90 Å². The molecule has 0 atom stereocenters. The van der Waals surface area contributed by atoms with Crippen LogP contribution in [0.4, 0.5) is 5.13 Å². The molecule has 0 unspecified atom stereocenters. The summed E-state index contributed by atoms with van der Waals surface area (Å²) in [6.45, 7) is 2.53. The fraction of sp³-hybridized carbons (Fsp3) is 0.312. The lowest BCUT2D eigenvalue weighted by atomic mass is 10.1. The molecular weight excluding hydrogens is 298 g/mol. The van der Waals surface area contributed by atoms with E-state index in [1.165, 1.54) is 16.9 Å². The third kappa shape index (κ3) is 4.06. The first kappa shape index (κ1) is 16.0. The number of nitriles is 1. The Kier molecular flexibility index (Phi) is 5.50. The number of carboxylic acid groups (broad SMARTS) is 1. The molecule has 1 aromatic heterocycles. The van der Waals surface area contributed by atoms with Gasteiger partial charge < -0.3 is 10.0 Å². The van der Waals surface area contributed by atoms with Gasteiger partial charge in [0.1, 0.15) is 6.54 Å². The van der Waals surface area contributed by atoms with Crippen LogP contribution in [0.1, 0.15) is 18.9 Å². The minimum atomic E-state index is -0.880. The van der Waals surface area contributed by atoms with E-state index in [0.717, 1.165) is 17.7 Å². The number of anilines is 1. The molecule has 0 aliphatic rings. The van der Waals surface area contributed by atoms with Gasteiger partial charge in [-0.2, -0.15) is 5.26 Å². The maximum atomic E-state index is 10.7. The van der Waals surface area contributed by atoms with Gasteiger partial charge in [0.15, 0.2) is 5.13 Å². The highest BCUT2D eigenvalue weighted by molar-refractivity contribution is 7.14. The Bertz CT molecular complexity index is 673. The number of thiazole rings is 1. The van der Waals surface area contributed by atoms with Crippen molar-refractivity contribution in [2.24, 2.45) is 0 Å². The van der Waals surface area contributed by atoms with E-state index in [-0.39, 0.29) is 19.5 Å². The van der Waals surface area contributed by atoms with Gasteiger partial charge in [-0.1, -0.05) is 31.2 Å². The Morgan fingerprint density at radius 1 is 1.41 bits per heavy atom. The largest absolute Gasteiger partial charge is 0.481 e. The summed E-state index contributed by atoms with van der Waals surface area (Å²) in [5, 5.41) is 20.3. The number of benzene rings is 1. The quantitative estimate of drug-likeness (QED) is 0.794. The van der Waals surface area contributed by atoms with Crippen LogP contribution in [0.2, 0.25) is 0 Å². The van der Waals surface area contributed by atoms with Gasteiger partial charge in [0.25, 0.3) is 0 Å². The predicted octanol–water partition coefficient (Wildman–Crippen LogP) is 3.18. The van der Waals surface area contributed by atoms with Crippen molar-refractivity contribution in [3.8, 4) is 17.3 Å². The van der Waals surface area contributed by atoms with Gasteiger partial charge in [-0.05, 0) is 12.0 Å². The fourth-order valence-electron chi connectivity index (χ4n) is 2.01. The summed E-state index contributed by atoms with van der Waals surface area (Å²) in [6, 6.07) is 10.3. The molecule has 1 heterocycles. The number of aryl methyl sites for hydroxylation is 1. The minimum Gasteiger partial charge on any atom is -0.481 e. The van der Waals surface area contributed by atoms with Crippen molar-refractivity contribution in [1.29, 1.82) is 5.26 Å². The predicted molar refractivity (Wildman–Crippen MR) is 87.0 cm³/mol. The van der Waals surface area contributed by atoms with E-state index in [9.17, 15) is 4.79 Å². The molecule has 2 aromatic rings. The van der Waals surface area contributed by atoms with Crippen LogP contribution in [-0.2, 0) is 11.2 Å². The zero-order valence-electron chi connectivity index (χ0n) is 12.3. The van der Waals surface area contributed by atoms with Crippen LogP contribution in [0.5, 0.6) is 0 Å². The van der Waals surface area contributed by atoms with Gasteiger partial charge in [-0.25, -0.2) is 4.98 Å². The first-order valence-corrected chi connectivity index (χ1v) is 7.90. The number of aliphatic carboxylic acids is 1. The van der Waals surface area contributed by atoms with Crippen molar-refractivity contribution in [1.82, 2.24) is 4.98 Å². The van der Waals surface area contributed by atoms with Crippen molar-refractivity contribution < 1.29 is 9.90 Å². The summed E-state index contributed by atoms with van der Waals surface area (Å²) in [4.78, 5) is 16.9. The Morgan fingerprint density at radius 2 is 2.14 bits per heavy atom. The molecule has 114 valence electrons. The minimum absolute atomic E-state index is 0.0121. The van der Waals surface area contributed by atoms with Crippen LogP contribution in [0.3, 0.4) is 0 Å². The van der Waals surface area contributed by atoms with Crippen molar-refractivity contribution in [3.05, 3.63) is 35.2 Å². The molecular formula is C16H17N3O2S. The highest BCUT2D eigenvalue weighted by Gasteiger charge is 2.13. The zero-order chi connectivity index (χ0) is 15.9. The van der Waals surface area contributed by atoms with Gasteiger partial charge in [0, 0.05) is 17.5 Å². The Balaban J connectivity index is 2.16. The van der Waals surface area contributed by atoms with Crippen LogP contribution in [0.15, 0.2) is 29.6 Å². The molecule has 5 nitrogen and oxygen atoms in total. The molecule has 0 saturated heterocycles. The van der Waals surface area contributed by atoms with Crippen LogP contribution >= 0.6 is 11.3 Å². The average molecular weight is 315 g/mol. The van der Waals surface area contributed by atoms with E-state index >= 15 is 0 Å². The molecule has 1 N–H and O–H groups in total. The molecule has 0 spiro atoms. The lowest BCUT2D eigenvalue weighted by Gasteiger charge is -2.16. The van der Waals surface area contributed by atoms with Crippen LogP contribution in [0, 0.1) is 11.3 Å². The maximum absolute atomic E-state index is 10.7. The Hall–Kier alpha value is -2.39. The van der Waals surface area contributed by atoms with E-state index in [0.29, 0.717) is 5.13 Å². The van der Waals surface area contributed by atoms with Crippen LogP contribution < -0.4 is 4.90 Å². The molecule has 1 aromatic carbocycles. The molecule has 0 bridgehead atoms. The first-order chi connectivity index (χ1) is 10.6. The lowest BCUT2D eigenvalue weighted by Crippen LogP contribution is -2.26. The standard InChI is InChI=1S/C16H17N3O2S/c1-2-12-3-5-13(6-4-12)14-11-22-16(18-14)19(10-8-17)9-7-15(20)21/h3-6,11H,2,7,9-10H2,1H3,(H,20,21). The summed E-state index contributed by atoms with van der Waals surface area (Å²) >= 11 is 1.42. The molecule has 2 rings (SSSR count). The number of carbonyl (C=O) groups is 1. The zero-order valence-corrected chi connectivity index (χ0v) is 13.1. The van der Waals surface area contributed by atoms with Crippen LogP contribution in [-0.4, -0.2) is 29.1 Å². The summed E-state index contributed by atoms with van der Waals surface area (Å²) in [6.07, 6.45) is 0.982. The molecule has 0 aliphatic heterocycles. The third-order valence-corrected chi connectivity index (χ3v) is 4.18. The number of rotatable bonds is 7. The average Bonchev–Trinajstić information content (AvgIpc) is 3.01. The van der Waals surface area contributed by atoms with E-state index in [2.05, 4.69) is 30.1 Å². The third-order valence-electron chi connectivity index (χ3n) is 3.28. The number of carboxylic acids is 1. The summed E-state index contributed by atoms with van der Waals surface area (Å²) in [7, 11) is 0. The van der Waals surface area contributed by atoms with Gasteiger partial charge >= 0.3 is 5.97 Å². The highest BCUT2D eigenvalue weighted by atomic mass is 32.1. The number of hydrogen-bond donors (Lipinski definition) is 1. The maximum Gasteiger partial charge on any atom is 0.305 e. The van der Waals surface area contributed by atoms with E-state index in [1.807, 2.05) is 17.5 Å². The molecule has 6 heteroatoms. The van der Waals surface area contributed by atoms with Gasteiger partial charge in [-0.3, -0.25) is 4.79 Å². The van der Waals surface area contributed by atoms with Crippen LogP contribution in [0.25, 0.3) is 11.3 Å². The number of hydrogen-bond acceptors (Lipinski definition) is 5. The molecule has 22 heavy (non-hydrogen) atoms. The number of nitrogens with zero attached hydrogens (tertiary/aromatic N) is 3. The van der Waals surface area contributed by atoms with Gasteiger partial charge in [0.2, 0.25) is 0 Å². The van der Waals surface area contributed by atoms with Gasteiger partial charge in [-0.15, -0.1) is 11.3 Å².